The van der Waals surface area contributed by atoms with Crippen LogP contribution < -0.4 is 0 Å². The average Bonchev–Trinajstić information content (AvgIpc) is 2.76. The Labute approximate surface area is 98.6 Å². The predicted octanol–water partition coefficient (Wildman–Crippen LogP) is 3.90. The second-order valence-corrected chi connectivity index (χ2v) is 5.94. The van der Waals surface area contributed by atoms with Crippen molar-refractivity contribution in [1.82, 2.24) is 0 Å². The minimum absolute atomic E-state index is 0.416. The summed E-state index contributed by atoms with van der Waals surface area (Å²) < 4.78 is 0. The first-order valence-corrected chi connectivity index (χ1v) is 6.37. The molecule has 2 aliphatic carbocycles. The molecule has 0 N–H and O–H groups in total. The van der Waals surface area contributed by atoms with Gasteiger partial charge in [0.15, 0.2) is 0 Å². The van der Waals surface area contributed by atoms with Crippen molar-refractivity contribution in [2.45, 2.75) is 46.5 Å². The van der Waals surface area contributed by atoms with Crippen LogP contribution in [0.5, 0.6) is 0 Å². The van der Waals surface area contributed by atoms with Crippen LogP contribution in [0.2, 0.25) is 0 Å². The molecular formula is C15H22O. The predicted molar refractivity (Wildman–Crippen MR) is 67.1 cm³/mol. The zero-order valence-electron chi connectivity index (χ0n) is 10.6. The van der Waals surface area contributed by atoms with Crippen molar-refractivity contribution in [2.75, 3.05) is 0 Å². The Morgan fingerprint density at radius 3 is 2.81 bits per heavy atom. The fraction of sp³-hybridized carbons (Fsp3) is 0.667. The van der Waals surface area contributed by atoms with Gasteiger partial charge < -0.3 is 0 Å². The lowest BCUT2D eigenvalue weighted by atomic mass is 10.0. The molecule has 16 heavy (non-hydrogen) atoms. The van der Waals surface area contributed by atoms with Crippen molar-refractivity contribution in [3.8, 4) is 0 Å². The summed E-state index contributed by atoms with van der Waals surface area (Å²) in [5.74, 6) is 1.42. The number of hydrogen-bond acceptors (Lipinski definition) is 1. The van der Waals surface area contributed by atoms with Crippen molar-refractivity contribution in [3.05, 3.63) is 23.3 Å². The molecule has 0 heterocycles. The number of carbonyl (C=O) groups is 1. The fourth-order valence-electron chi connectivity index (χ4n) is 3.05. The van der Waals surface area contributed by atoms with Crippen LogP contribution in [0.25, 0.3) is 0 Å². The van der Waals surface area contributed by atoms with Gasteiger partial charge in [0.1, 0.15) is 6.29 Å². The molecule has 0 spiro atoms. The molecule has 0 aromatic rings. The average molecular weight is 218 g/mol. The summed E-state index contributed by atoms with van der Waals surface area (Å²) in [5, 5.41) is 0. The first-order chi connectivity index (χ1) is 7.55. The number of carbonyl (C=O) groups excluding carboxylic acids is 1. The van der Waals surface area contributed by atoms with Crippen LogP contribution in [0, 0.1) is 17.3 Å². The topological polar surface area (TPSA) is 17.1 Å². The number of aldehydes is 1. The van der Waals surface area contributed by atoms with Crippen molar-refractivity contribution in [3.63, 3.8) is 0 Å². The quantitative estimate of drug-likeness (QED) is 0.482. The largest absolute Gasteiger partial charge is 0.298 e. The van der Waals surface area contributed by atoms with E-state index in [9.17, 15) is 4.79 Å². The summed E-state index contributed by atoms with van der Waals surface area (Å²) in [4.78, 5) is 11.0. The maximum absolute atomic E-state index is 11.0. The van der Waals surface area contributed by atoms with Gasteiger partial charge in [-0.3, -0.25) is 4.79 Å². The van der Waals surface area contributed by atoms with Crippen molar-refractivity contribution >= 4 is 6.29 Å². The van der Waals surface area contributed by atoms with E-state index >= 15 is 0 Å². The molecule has 2 rings (SSSR count). The SMILES string of the molecule is C/C1=C\CCC(C=O)=C[C@@H]2[C@H](CC1)C2(C)C. The Hall–Kier alpha value is -0.850. The minimum Gasteiger partial charge on any atom is -0.298 e. The highest BCUT2D eigenvalue weighted by atomic mass is 16.1. The molecule has 2 atom stereocenters. The number of hydrogen-bond donors (Lipinski definition) is 0. The van der Waals surface area contributed by atoms with Crippen LogP contribution >= 0.6 is 0 Å². The first-order valence-electron chi connectivity index (χ1n) is 6.37. The number of fused-ring (bicyclic) bond motifs is 1. The molecule has 0 amide bonds. The maximum Gasteiger partial charge on any atom is 0.145 e. The third kappa shape index (κ3) is 2.14. The highest BCUT2D eigenvalue weighted by molar-refractivity contribution is 5.73. The molecule has 1 fully saturated rings. The van der Waals surface area contributed by atoms with E-state index in [0.29, 0.717) is 11.3 Å². The van der Waals surface area contributed by atoms with Crippen LogP contribution in [-0.2, 0) is 4.79 Å². The van der Waals surface area contributed by atoms with E-state index < -0.39 is 0 Å². The standard InChI is InChI=1S/C15H22O/c1-11-5-4-6-12(10-16)9-14-13(8-7-11)15(14,2)3/h5,9-10,13-14H,4,6-8H2,1-3H3/b11-5+,12-9?/t13-,14+/m0/s1. The summed E-state index contributed by atoms with van der Waals surface area (Å²) in [6.07, 6.45) is 10.0. The van der Waals surface area contributed by atoms with E-state index in [0.717, 1.165) is 30.6 Å². The smallest absolute Gasteiger partial charge is 0.145 e. The van der Waals surface area contributed by atoms with Crippen LogP contribution in [0.15, 0.2) is 23.3 Å². The van der Waals surface area contributed by atoms with Crippen LogP contribution in [-0.4, -0.2) is 6.29 Å². The number of rotatable bonds is 1. The fourth-order valence-corrected chi connectivity index (χ4v) is 3.05. The molecule has 0 unspecified atom stereocenters. The minimum atomic E-state index is 0.416. The maximum atomic E-state index is 11.0. The lowest BCUT2D eigenvalue weighted by Crippen LogP contribution is -1.91. The van der Waals surface area contributed by atoms with E-state index in [1.165, 1.54) is 18.4 Å². The Morgan fingerprint density at radius 1 is 1.38 bits per heavy atom. The summed E-state index contributed by atoms with van der Waals surface area (Å²) in [6, 6.07) is 0. The molecule has 1 nitrogen and oxygen atoms in total. The Bertz CT molecular complexity index is 346. The van der Waals surface area contributed by atoms with Gasteiger partial charge in [0.2, 0.25) is 0 Å². The molecule has 1 saturated carbocycles. The van der Waals surface area contributed by atoms with E-state index in [-0.39, 0.29) is 0 Å². The zero-order chi connectivity index (χ0) is 11.8. The van der Waals surface area contributed by atoms with Gasteiger partial charge >= 0.3 is 0 Å². The van der Waals surface area contributed by atoms with Crippen molar-refractivity contribution in [1.29, 1.82) is 0 Å². The highest BCUT2D eigenvalue weighted by Crippen LogP contribution is 2.61. The van der Waals surface area contributed by atoms with Gasteiger partial charge in [-0.2, -0.15) is 0 Å². The first kappa shape index (κ1) is 11.6. The van der Waals surface area contributed by atoms with Gasteiger partial charge in [-0.15, -0.1) is 0 Å². The van der Waals surface area contributed by atoms with Gasteiger partial charge in [-0.1, -0.05) is 31.6 Å². The highest BCUT2D eigenvalue weighted by Gasteiger charge is 2.55. The van der Waals surface area contributed by atoms with Crippen LogP contribution in [0.1, 0.15) is 46.5 Å². The lowest BCUT2D eigenvalue weighted by molar-refractivity contribution is -0.105. The van der Waals surface area contributed by atoms with Gasteiger partial charge in [0.05, 0.1) is 0 Å². The van der Waals surface area contributed by atoms with Gasteiger partial charge in [0.25, 0.3) is 0 Å². The van der Waals surface area contributed by atoms with E-state index in [2.05, 4.69) is 32.9 Å². The molecule has 0 saturated heterocycles. The third-order valence-electron chi connectivity index (χ3n) is 4.46. The molecule has 0 aliphatic heterocycles. The molecule has 88 valence electrons. The van der Waals surface area contributed by atoms with E-state index in [1.54, 1.807) is 0 Å². The Balaban J connectivity index is 2.18. The van der Waals surface area contributed by atoms with Crippen molar-refractivity contribution < 1.29 is 4.79 Å². The Kier molecular flexibility index (Phi) is 3.05. The molecule has 0 radical (unpaired) electrons. The van der Waals surface area contributed by atoms with Gasteiger partial charge in [0, 0.05) is 0 Å². The molecule has 0 bridgehead atoms. The zero-order valence-corrected chi connectivity index (χ0v) is 10.6. The second-order valence-electron chi connectivity index (χ2n) is 5.94. The van der Waals surface area contributed by atoms with Gasteiger partial charge in [-0.05, 0) is 55.4 Å². The molecule has 2 aliphatic rings. The summed E-state index contributed by atoms with van der Waals surface area (Å²) >= 11 is 0. The van der Waals surface area contributed by atoms with Crippen molar-refractivity contribution in [2.24, 2.45) is 17.3 Å². The van der Waals surface area contributed by atoms with Crippen LogP contribution in [0.4, 0.5) is 0 Å². The summed E-state index contributed by atoms with van der Waals surface area (Å²) in [7, 11) is 0. The molecule has 0 aromatic heterocycles. The summed E-state index contributed by atoms with van der Waals surface area (Å²) in [5.41, 5.74) is 2.92. The monoisotopic (exact) mass is 218 g/mol. The number of allylic oxidation sites excluding steroid dienone is 4. The Morgan fingerprint density at radius 2 is 2.12 bits per heavy atom. The molecule has 1 heteroatoms. The third-order valence-corrected chi connectivity index (χ3v) is 4.46. The second kappa shape index (κ2) is 4.20. The molecular weight excluding hydrogens is 196 g/mol. The lowest BCUT2D eigenvalue weighted by Gasteiger charge is -2.04. The van der Waals surface area contributed by atoms with E-state index in [4.69, 9.17) is 0 Å². The molecule has 0 aromatic carbocycles. The normalized spacial score (nSPS) is 36.4. The van der Waals surface area contributed by atoms with Crippen LogP contribution in [0.3, 0.4) is 0 Å². The van der Waals surface area contributed by atoms with E-state index in [1.807, 2.05) is 0 Å². The van der Waals surface area contributed by atoms with Gasteiger partial charge in [-0.25, -0.2) is 0 Å². The summed E-state index contributed by atoms with van der Waals surface area (Å²) in [6.45, 7) is 6.88.